The minimum atomic E-state index is -0.569. The fourth-order valence-electron chi connectivity index (χ4n) is 3.84. The van der Waals surface area contributed by atoms with Gasteiger partial charge in [-0.2, -0.15) is 0 Å². The normalized spacial score (nSPS) is 24.0. The van der Waals surface area contributed by atoms with Crippen LogP contribution in [0, 0.1) is 17.7 Å². The first kappa shape index (κ1) is 16.0. The largest absolute Gasteiger partial charge is 0.343 e. The van der Waals surface area contributed by atoms with E-state index in [0.29, 0.717) is 5.92 Å². The van der Waals surface area contributed by atoms with Crippen LogP contribution in [-0.4, -0.2) is 36.3 Å². The molecule has 1 aromatic carbocycles. The average Bonchev–Trinajstić information content (AvgIpc) is 2.59. The molecule has 2 amide bonds. The highest BCUT2D eigenvalue weighted by atomic mass is 19.1. The molecule has 1 heterocycles. The van der Waals surface area contributed by atoms with E-state index < -0.39 is 11.7 Å². The lowest BCUT2D eigenvalue weighted by atomic mass is 9.75. The summed E-state index contributed by atoms with van der Waals surface area (Å²) in [6.45, 7) is 1.51. The van der Waals surface area contributed by atoms with E-state index in [1.165, 1.54) is 43.9 Å². The van der Waals surface area contributed by atoms with Crippen LogP contribution < -0.4 is 5.32 Å². The van der Waals surface area contributed by atoms with E-state index >= 15 is 0 Å². The lowest BCUT2D eigenvalue weighted by molar-refractivity contribution is -0.133. The molecule has 2 aliphatic rings. The van der Waals surface area contributed by atoms with E-state index in [9.17, 15) is 14.0 Å². The maximum absolute atomic E-state index is 13.5. The van der Waals surface area contributed by atoms with E-state index in [1.54, 1.807) is 6.07 Å². The molecule has 1 saturated carbocycles. The van der Waals surface area contributed by atoms with Crippen molar-refractivity contribution in [3.05, 3.63) is 35.6 Å². The second-order valence-corrected chi connectivity index (χ2v) is 6.60. The number of carbonyl (C=O) groups is 2. The molecule has 1 aromatic rings. The Labute approximate surface area is 136 Å². The van der Waals surface area contributed by atoms with Gasteiger partial charge in [-0.05, 0) is 36.8 Å². The van der Waals surface area contributed by atoms with Gasteiger partial charge < -0.3 is 10.2 Å². The summed E-state index contributed by atoms with van der Waals surface area (Å²) in [5.41, 5.74) is -0.0220. The molecule has 0 unspecified atom stereocenters. The van der Waals surface area contributed by atoms with Gasteiger partial charge >= 0.3 is 0 Å². The number of nitrogens with one attached hydrogen (secondary N) is 1. The number of hydrogen-bond acceptors (Lipinski definition) is 2. The summed E-state index contributed by atoms with van der Waals surface area (Å²) in [4.78, 5) is 26.1. The predicted octanol–water partition coefficient (Wildman–Crippen LogP) is 2.59. The van der Waals surface area contributed by atoms with E-state index in [2.05, 4.69) is 5.32 Å². The van der Waals surface area contributed by atoms with Crippen LogP contribution in [0.4, 0.5) is 4.39 Å². The number of benzene rings is 1. The van der Waals surface area contributed by atoms with Gasteiger partial charge in [0.25, 0.3) is 5.91 Å². The van der Waals surface area contributed by atoms with Crippen LogP contribution >= 0.6 is 0 Å². The SMILES string of the molecule is O=C(NCC(=O)N1CC[C@H]2CCCC[C@H]2C1)c1ccccc1F. The van der Waals surface area contributed by atoms with Gasteiger partial charge in [0.15, 0.2) is 0 Å². The van der Waals surface area contributed by atoms with Crippen molar-refractivity contribution in [1.29, 1.82) is 0 Å². The summed E-state index contributed by atoms with van der Waals surface area (Å²) in [6.07, 6.45) is 6.13. The molecule has 2 fully saturated rings. The Kier molecular flexibility index (Phi) is 4.94. The molecule has 23 heavy (non-hydrogen) atoms. The first-order chi connectivity index (χ1) is 11.1. The maximum atomic E-state index is 13.5. The topological polar surface area (TPSA) is 49.4 Å². The Hall–Kier alpha value is -1.91. The zero-order valence-electron chi connectivity index (χ0n) is 13.3. The predicted molar refractivity (Wildman–Crippen MR) is 85.4 cm³/mol. The van der Waals surface area contributed by atoms with Crippen molar-refractivity contribution in [2.75, 3.05) is 19.6 Å². The Balaban J connectivity index is 1.51. The van der Waals surface area contributed by atoms with Crippen LogP contribution in [-0.2, 0) is 4.79 Å². The minimum Gasteiger partial charge on any atom is -0.343 e. The maximum Gasteiger partial charge on any atom is 0.254 e. The number of carbonyl (C=O) groups excluding carboxylic acids is 2. The zero-order chi connectivity index (χ0) is 16.2. The van der Waals surface area contributed by atoms with Crippen LogP contribution in [0.25, 0.3) is 0 Å². The minimum absolute atomic E-state index is 0.0220. The Morgan fingerprint density at radius 3 is 2.65 bits per heavy atom. The molecule has 0 aromatic heterocycles. The molecule has 5 heteroatoms. The Bertz CT molecular complexity index is 590. The van der Waals surface area contributed by atoms with Crippen LogP contribution in [0.3, 0.4) is 0 Å². The fraction of sp³-hybridized carbons (Fsp3) is 0.556. The third-order valence-electron chi connectivity index (χ3n) is 5.16. The van der Waals surface area contributed by atoms with Gasteiger partial charge in [0, 0.05) is 13.1 Å². The highest BCUT2D eigenvalue weighted by molar-refractivity contribution is 5.96. The molecule has 3 rings (SSSR count). The number of likely N-dealkylation sites (tertiary alicyclic amines) is 1. The third-order valence-corrected chi connectivity index (χ3v) is 5.16. The van der Waals surface area contributed by atoms with Crippen molar-refractivity contribution in [2.45, 2.75) is 32.1 Å². The number of amides is 2. The number of halogens is 1. The van der Waals surface area contributed by atoms with Crippen molar-refractivity contribution in [2.24, 2.45) is 11.8 Å². The van der Waals surface area contributed by atoms with Gasteiger partial charge in [0.05, 0.1) is 12.1 Å². The van der Waals surface area contributed by atoms with Crippen LogP contribution in [0.1, 0.15) is 42.5 Å². The number of hydrogen-bond donors (Lipinski definition) is 1. The third kappa shape index (κ3) is 3.71. The lowest BCUT2D eigenvalue weighted by Crippen LogP contribution is -2.48. The summed E-state index contributed by atoms with van der Waals surface area (Å²) in [5, 5.41) is 2.54. The van der Waals surface area contributed by atoms with Crippen molar-refractivity contribution >= 4 is 11.8 Å². The Morgan fingerprint density at radius 2 is 1.87 bits per heavy atom. The lowest BCUT2D eigenvalue weighted by Gasteiger charge is -2.41. The summed E-state index contributed by atoms with van der Waals surface area (Å²) in [7, 11) is 0. The second kappa shape index (κ2) is 7.11. The molecule has 0 radical (unpaired) electrons. The van der Waals surface area contributed by atoms with Crippen LogP contribution in [0.2, 0.25) is 0 Å². The number of nitrogens with zero attached hydrogens (tertiary/aromatic N) is 1. The summed E-state index contributed by atoms with van der Waals surface area (Å²) < 4.78 is 13.5. The number of fused-ring (bicyclic) bond motifs is 1. The highest BCUT2D eigenvalue weighted by Crippen LogP contribution is 2.35. The number of rotatable bonds is 3. The first-order valence-electron chi connectivity index (χ1n) is 8.45. The molecule has 1 saturated heterocycles. The summed E-state index contributed by atoms with van der Waals surface area (Å²) >= 11 is 0. The van der Waals surface area contributed by atoms with Gasteiger partial charge in [-0.25, -0.2) is 4.39 Å². The van der Waals surface area contributed by atoms with Crippen LogP contribution in [0.15, 0.2) is 24.3 Å². The van der Waals surface area contributed by atoms with Crippen molar-refractivity contribution in [3.8, 4) is 0 Å². The van der Waals surface area contributed by atoms with E-state index in [1.807, 2.05) is 4.90 Å². The molecular formula is C18H23FN2O2. The van der Waals surface area contributed by atoms with Crippen molar-refractivity contribution in [1.82, 2.24) is 10.2 Å². The molecule has 1 aliphatic heterocycles. The van der Waals surface area contributed by atoms with E-state index in [-0.39, 0.29) is 18.0 Å². The zero-order valence-corrected chi connectivity index (χ0v) is 13.3. The van der Waals surface area contributed by atoms with Crippen LogP contribution in [0.5, 0.6) is 0 Å². The molecule has 1 N–H and O–H groups in total. The van der Waals surface area contributed by atoms with E-state index in [0.717, 1.165) is 25.4 Å². The second-order valence-electron chi connectivity index (χ2n) is 6.60. The molecule has 1 aliphatic carbocycles. The molecule has 4 nitrogen and oxygen atoms in total. The van der Waals surface area contributed by atoms with Gasteiger partial charge in [-0.15, -0.1) is 0 Å². The standard InChI is InChI=1S/C18H23FN2O2/c19-16-8-4-3-7-15(16)18(23)20-11-17(22)21-10-9-13-5-1-2-6-14(13)12-21/h3-4,7-8,13-14H,1-2,5-6,9-12H2,(H,20,23)/t13-,14+/m1/s1. The van der Waals surface area contributed by atoms with E-state index in [4.69, 9.17) is 0 Å². The molecule has 2 atom stereocenters. The smallest absolute Gasteiger partial charge is 0.254 e. The molecule has 0 bridgehead atoms. The average molecular weight is 318 g/mol. The van der Waals surface area contributed by atoms with Gasteiger partial charge in [-0.1, -0.05) is 31.4 Å². The van der Waals surface area contributed by atoms with Crippen molar-refractivity contribution < 1.29 is 14.0 Å². The number of piperidine rings is 1. The van der Waals surface area contributed by atoms with Crippen molar-refractivity contribution in [3.63, 3.8) is 0 Å². The monoisotopic (exact) mass is 318 g/mol. The first-order valence-corrected chi connectivity index (χ1v) is 8.45. The highest BCUT2D eigenvalue weighted by Gasteiger charge is 2.32. The van der Waals surface area contributed by atoms with Gasteiger partial charge in [0.1, 0.15) is 5.82 Å². The quantitative estimate of drug-likeness (QED) is 0.931. The fourth-order valence-corrected chi connectivity index (χ4v) is 3.84. The van der Waals surface area contributed by atoms with Gasteiger partial charge in [-0.3, -0.25) is 9.59 Å². The molecular weight excluding hydrogens is 295 g/mol. The summed E-state index contributed by atoms with van der Waals surface area (Å²) in [5.74, 6) is 0.202. The Morgan fingerprint density at radius 1 is 1.13 bits per heavy atom. The molecule has 0 spiro atoms. The summed E-state index contributed by atoms with van der Waals surface area (Å²) in [6, 6.07) is 5.80. The van der Waals surface area contributed by atoms with Gasteiger partial charge in [0.2, 0.25) is 5.91 Å². The molecule has 124 valence electrons.